The number of amides is 1. The summed E-state index contributed by atoms with van der Waals surface area (Å²) in [6, 6.07) is 21.3. The van der Waals surface area contributed by atoms with Gasteiger partial charge in [0.1, 0.15) is 11.4 Å². The van der Waals surface area contributed by atoms with Crippen LogP contribution in [0.3, 0.4) is 0 Å². The molecule has 2 aromatic carbocycles. The number of aromatic nitrogens is 4. The number of fused-ring (bicyclic) bond motifs is 1. The number of aryl methyl sites for hydroxylation is 2. The fourth-order valence-corrected chi connectivity index (χ4v) is 4.65. The number of anilines is 1. The lowest BCUT2D eigenvalue weighted by Crippen LogP contribution is -2.29. The van der Waals surface area contributed by atoms with Crippen LogP contribution in [-0.2, 0) is 24.1 Å². The first-order valence-corrected chi connectivity index (χ1v) is 13.0. The Labute approximate surface area is 235 Å². The van der Waals surface area contributed by atoms with Crippen LogP contribution in [0.2, 0.25) is 0 Å². The minimum atomic E-state index is -4.53. The van der Waals surface area contributed by atoms with Crippen LogP contribution in [0.1, 0.15) is 32.9 Å². The third-order valence-electron chi connectivity index (χ3n) is 6.79. The standard InChI is InChI=1S/C31H28F3N5O2/c1-20-17-23(24-10-11-25-29(37-24)21(2)18-28(36-25)31(32,33)34)9-12-26(20)38(3)30(40)27-13-14-35-39(27)15-16-41-19-22-7-5-4-6-8-22/h4-14,17-18H,15-16,19H2,1-3H3. The van der Waals surface area contributed by atoms with Crippen molar-refractivity contribution in [2.24, 2.45) is 0 Å². The maximum Gasteiger partial charge on any atom is 0.433 e. The van der Waals surface area contributed by atoms with Gasteiger partial charge < -0.3 is 9.64 Å². The molecular weight excluding hydrogens is 531 g/mol. The molecule has 0 aliphatic rings. The monoisotopic (exact) mass is 559 g/mol. The second-order valence-electron chi connectivity index (χ2n) is 9.73. The van der Waals surface area contributed by atoms with Gasteiger partial charge >= 0.3 is 6.18 Å². The molecule has 3 heterocycles. The maximum absolute atomic E-state index is 13.4. The molecule has 7 nitrogen and oxygen atoms in total. The summed E-state index contributed by atoms with van der Waals surface area (Å²) in [5, 5.41) is 4.30. The van der Waals surface area contributed by atoms with Crippen molar-refractivity contribution in [3.63, 3.8) is 0 Å². The van der Waals surface area contributed by atoms with E-state index in [1.807, 2.05) is 55.5 Å². The molecule has 0 N–H and O–H groups in total. The van der Waals surface area contributed by atoms with Crippen LogP contribution in [0.5, 0.6) is 0 Å². The summed E-state index contributed by atoms with van der Waals surface area (Å²) in [5.74, 6) is -0.215. The van der Waals surface area contributed by atoms with Gasteiger partial charge in [-0.2, -0.15) is 18.3 Å². The van der Waals surface area contributed by atoms with Crippen LogP contribution < -0.4 is 4.90 Å². The topological polar surface area (TPSA) is 73.1 Å². The Bertz CT molecular complexity index is 1700. The smallest absolute Gasteiger partial charge is 0.375 e. The van der Waals surface area contributed by atoms with Crippen LogP contribution >= 0.6 is 0 Å². The van der Waals surface area contributed by atoms with Crippen LogP contribution in [-0.4, -0.2) is 39.3 Å². The van der Waals surface area contributed by atoms with Crippen molar-refractivity contribution in [1.82, 2.24) is 19.7 Å². The number of benzene rings is 2. The number of halogens is 3. The molecule has 0 fully saturated rings. The first-order chi connectivity index (χ1) is 19.6. The minimum Gasteiger partial charge on any atom is -0.375 e. The summed E-state index contributed by atoms with van der Waals surface area (Å²) in [7, 11) is 1.70. The van der Waals surface area contributed by atoms with Gasteiger partial charge in [0.2, 0.25) is 0 Å². The molecule has 41 heavy (non-hydrogen) atoms. The normalized spacial score (nSPS) is 11.7. The van der Waals surface area contributed by atoms with E-state index >= 15 is 0 Å². The summed E-state index contributed by atoms with van der Waals surface area (Å²) in [6.07, 6.45) is -2.93. The summed E-state index contributed by atoms with van der Waals surface area (Å²) in [6.45, 7) is 4.79. The van der Waals surface area contributed by atoms with Gasteiger partial charge in [-0.3, -0.25) is 9.48 Å². The number of hydrogen-bond acceptors (Lipinski definition) is 5. The quantitative estimate of drug-likeness (QED) is 0.200. The zero-order chi connectivity index (χ0) is 29.1. The summed E-state index contributed by atoms with van der Waals surface area (Å²) in [5.41, 5.74) is 4.47. The van der Waals surface area contributed by atoms with E-state index in [2.05, 4.69) is 15.1 Å². The number of carbonyl (C=O) groups is 1. The van der Waals surface area contributed by atoms with E-state index in [1.54, 1.807) is 47.9 Å². The van der Waals surface area contributed by atoms with Crippen LogP contribution in [0, 0.1) is 13.8 Å². The average molecular weight is 560 g/mol. The molecule has 5 rings (SSSR count). The van der Waals surface area contributed by atoms with E-state index in [-0.39, 0.29) is 11.4 Å². The summed E-state index contributed by atoms with van der Waals surface area (Å²) >= 11 is 0. The molecule has 3 aromatic heterocycles. The molecule has 0 saturated carbocycles. The Kier molecular flexibility index (Phi) is 7.85. The van der Waals surface area contributed by atoms with Gasteiger partial charge in [0.05, 0.1) is 36.5 Å². The molecule has 5 aromatic rings. The molecule has 0 aliphatic carbocycles. The lowest BCUT2D eigenvalue weighted by molar-refractivity contribution is -0.141. The Morgan fingerprint density at radius 2 is 1.73 bits per heavy atom. The van der Waals surface area contributed by atoms with Gasteiger partial charge in [-0.1, -0.05) is 36.4 Å². The molecule has 0 bridgehead atoms. The van der Waals surface area contributed by atoms with E-state index in [0.29, 0.717) is 47.9 Å². The number of hydrogen-bond donors (Lipinski definition) is 0. The molecule has 0 atom stereocenters. The molecule has 0 unspecified atom stereocenters. The van der Waals surface area contributed by atoms with Gasteiger partial charge in [-0.15, -0.1) is 0 Å². The van der Waals surface area contributed by atoms with Gasteiger partial charge in [-0.05, 0) is 66.9 Å². The Morgan fingerprint density at radius 3 is 2.46 bits per heavy atom. The van der Waals surface area contributed by atoms with Crippen molar-refractivity contribution >= 4 is 22.6 Å². The number of rotatable bonds is 8. The number of ether oxygens (including phenoxy) is 1. The van der Waals surface area contributed by atoms with E-state index in [9.17, 15) is 18.0 Å². The maximum atomic E-state index is 13.4. The van der Waals surface area contributed by atoms with Crippen molar-refractivity contribution in [3.8, 4) is 11.3 Å². The van der Waals surface area contributed by atoms with Crippen LogP contribution in [0.4, 0.5) is 18.9 Å². The van der Waals surface area contributed by atoms with E-state index in [0.717, 1.165) is 22.8 Å². The van der Waals surface area contributed by atoms with E-state index < -0.39 is 11.9 Å². The molecular formula is C31H28F3N5O2. The van der Waals surface area contributed by atoms with Gasteiger partial charge in [0.25, 0.3) is 5.91 Å². The fourth-order valence-electron chi connectivity index (χ4n) is 4.65. The predicted octanol–water partition coefficient (Wildman–Crippen LogP) is 6.62. The SMILES string of the molecule is Cc1cc(-c2ccc3nc(C(F)(F)F)cc(C)c3n2)ccc1N(C)C(=O)c1ccnn1CCOCc1ccccc1. The van der Waals surface area contributed by atoms with Crippen LogP contribution in [0.15, 0.2) is 79.0 Å². The fraction of sp³-hybridized carbons (Fsp3) is 0.226. The first kappa shape index (κ1) is 28.0. The summed E-state index contributed by atoms with van der Waals surface area (Å²) < 4.78 is 46.9. The minimum absolute atomic E-state index is 0.182. The highest BCUT2D eigenvalue weighted by Gasteiger charge is 2.33. The predicted molar refractivity (Wildman–Crippen MR) is 151 cm³/mol. The second-order valence-corrected chi connectivity index (χ2v) is 9.73. The molecule has 0 spiro atoms. The molecule has 1 amide bonds. The van der Waals surface area contributed by atoms with Gasteiger partial charge in [0.15, 0.2) is 0 Å². The number of nitrogens with zero attached hydrogens (tertiary/aromatic N) is 5. The highest BCUT2D eigenvalue weighted by molar-refractivity contribution is 6.05. The molecule has 210 valence electrons. The Balaban J connectivity index is 1.30. The Morgan fingerprint density at radius 1 is 0.951 bits per heavy atom. The van der Waals surface area contributed by atoms with Gasteiger partial charge in [0, 0.05) is 24.5 Å². The third kappa shape index (κ3) is 6.12. The second kappa shape index (κ2) is 11.5. The molecule has 0 radical (unpaired) electrons. The van der Waals surface area contributed by atoms with Crippen molar-refractivity contribution in [3.05, 3.63) is 107 Å². The number of alkyl halides is 3. The molecule has 0 aliphatic heterocycles. The summed E-state index contributed by atoms with van der Waals surface area (Å²) in [4.78, 5) is 23.3. The third-order valence-corrected chi connectivity index (χ3v) is 6.79. The van der Waals surface area contributed by atoms with Crippen molar-refractivity contribution in [2.75, 3.05) is 18.6 Å². The highest BCUT2D eigenvalue weighted by Crippen LogP contribution is 2.32. The zero-order valence-corrected chi connectivity index (χ0v) is 22.8. The van der Waals surface area contributed by atoms with E-state index in [4.69, 9.17) is 4.74 Å². The van der Waals surface area contributed by atoms with Crippen molar-refractivity contribution in [2.45, 2.75) is 33.2 Å². The lowest BCUT2D eigenvalue weighted by Gasteiger charge is -2.21. The van der Waals surface area contributed by atoms with E-state index in [1.165, 1.54) is 0 Å². The molecule has 0 saturated heterocycles. The first-order valence-electron chi connectivity index (χ1n) is 13.0. The molecule has 10 heteroatoms. The van der Waals surface area contributed by atoms with Crippen LogP contribution in [0.25, 0.3) is 22.3 Å². The van der Waals surface area contributed by atoms with Gasteiger partial charge in [-0.25, -0.2) is 9.97 Å². The zero-order valence-electron chi connectivity index (χ0n) is 22.8. The number of pyridine rings is 2. The largest absolute Gasteiger partial charge is 0.433 e. The van der Waals surface area contributed by atoms with Crippen molar-refractivity contribution in [1.29, 1.82) is 0 Å². The lowest BCUT2D eigenvalue weighted by atomic mass is 10.0. The highest BCUT2D eigenvalue weighted by atomic mass is 19.4. The average Bonchev–Trinajstić information content (AvgIpc) is 3.43. The number of carbonyl (C=O) groups excluding carboxylic acids is 1. The Hall–Kier alpha value is -4.57. The van der Waals surface area contributed by atoms with Crippen molar-refractivity contribution < 1.29 is 22.7 Å².